The van der Waals surface area contributed by atoms with Crippen LogP contribution in [0.1, 0.15) is 5.56 Å². The van der Waals surface area contributed by atoms with Crippen molar-refractivity contribution in [2.24, 2.45) is 0 Å². The summed E-state index contributed by atoms with van der Waals surface area (Å²) in [5, 5.41) is 13.9. The fourth-order valence-corrected chi connectivity index (χ4v) is 2.07. The van der Waals surface area contributed by atoms with Crippen LogP contribution >= 0.6 is 11.8 Å². The monoisotopic (exact) mass is 280 g/mol. The van der Waals surface area contributed by atoms with Crippen molar-refractivity contribution in [2.45, 2.75) is 6.54 Å². The number of nitrogens with zero attached hydrogens (tertiary/aromatic N) is 1. The maximum absolute atomic E-state index is 10.7. The molecule has 19 heavy (non-hydrogen) atoms. The number of nitro benzene ring substituents is 1. The van der Waals surface area contributed by atoms with E-state index in [0.29, 0.717) is 18.0 Å². The van der Waals surface area contributed by atoms with Crippen LogP contribution in [0.2, 0.25) is 0 Å². The summed E-state index contributed by atoms with van der Waals surface area (Å²) in [7, 11) is 1.55. The van der Waals surface area contributed by atoms with E-state index in [4.69, 9.17) is 11.2 Å². The first-order valence-electron chi connectivity index (χ1n) is 5.72. The Morgan fingerprint density at radius 3 is 3.00 bits per heavy atom. The van der Waals surface area contributed by atoms with Gasteiger partial charge in [-0.05, 0) is 6.07 Å². The molecule has 0 aliphatic carbocycles. The zero-order valence-corrected chi connectivity index (χ0v) is 11.5. The highest BCUT2D eigenvalue weighted by Gasteiger charge is 2.10. The average Bonchev–Trinajstić information content (AvgIpc) is 2.42. The van der Waals surface area contributed by atoms with Gasteiger partial charge in [0.2, 0.25) is 0 Å². The first-order chi connectivity index (χ1) is 9.19. The Morgan fingerprint density at radius 2 is 2.37 bits per heavy atom. The molecule has 0 radical (unpaired) electrons. The van der Waals surface area contributed by atoms with Gasteiger partial charge in [-0.15, -0.1) is 18.2 Å². The molecule has 102 valence electrons. The van der Waals surface area contributed by atoms with Gasteiger partial charge in [0.1, 0.15) is 5.75 Å². The van der Waals surface area contributed by atoms with Crippen molar-refractivity contribution in [3.63, 3.8) is 0 Å². The van der Waals surface area contributed by atoms with Crippen LogP contribution in [0.15, 0.2) is 18.2 Å². The number of nitrogens with one attached hydrogen (secondary N) is 1. The minimum Gasteiger partial charge on any atom is -0.496 e. The molecule has 0 aliphatic heterocycles. The van der Waals surface area contributed by atoms with Gasteiger partial charge in [-0.2, -0.15) is 0 Å². The fourth-order valence-electron chi connectivity index (χ4n) is 1.52. The highest BCUT2D eigenvalue weighted by molar-refractivity contribution is 7.99. The van der Waals surface area contributed by atoms with E-state index in [9.17, 15) is 10.1 Å². The zero-order valence-electron chi connectivity index (χ0n) is 10.7. The number of rotatable bonds is 8. The van der Waals surface area contributed by atoms with E-state index in [1.54, 1.807) is 24.9 Å². The molecule has 1 rings (SSSR count). The summed E-state index contributed by atoms with van der Waals surface area (Å²) in [5.41, 5.74) is 0.845. The Morgan fingerprint density at radius 1 is 1.58 bits per heavy atom. The molecular weight excluding hydrogens is 264 g/mol. The van der Waals surface area contributed by atoms with Crippen molar-refractivity contribution in [3.05, 3.63) is 33.9 Å². The molecule has 5 nitrogen and oxygen atoms in total. The number of hydrogen-bond acceptors (Lipinski definition) is 5. The number of hydrogen-bond donors (Lipinski definition) is 1. The van der Waals surface area contributed by atoms with Gasteiger partial charge in [-0.3, -0.25) is 10.1 Å². The van der Waals surface area contributed by atoms with Crippen molar-refractivity contribution in [1.29, 1.82) is 0 Å². The summed E-state index contributed by atoms with van der Waals surface area (Å²) in [4.78, 5) is 10.3. The minimum absolute atomic E-state index is 0.0688. The van der Waals surface area contributed by atoms with Crippen molar-refractivity contribution in [2.75, 3.05) is 25.2 Å². The Labute approximate surface area is 116 Å². The third-order valence-corrected chi connectivity index (χ3v) is 3.26. The van der Waals surface area contributed by atoms with Crippen LogP contribution in [0.3, 0.4) is 0 Å². The molecule has 0 heterocycles. The summed E-state index contributed by atoms with van der Waals surface area (Å²) in [6, 6.07) is 4.58. The van der Waals surface area contributed by atoms with Gasteiger partial charge in [-0.1, -0.05) is 5.92 Å². The SMILES string of the molecule is C#CCSCCNCc1cc([N+](=O)[O-])ccc1OC. The number of thioether (sulfide) groups is 1. The molecule has 0 fully saturated rings. The highest BCUT2D eigenvalue weighted by Crippen LogP contribution is 2.23. The average molecular weight is 280 g/mol. The molecule has 0 atom stereocenters. The highest BCUT2D eigenvalue weighted by atomic mass is 32.2. The van der Waals surface area contributed by atoms with Gasteiger partial charge in [-0.25, -0.2) is 0 Å². The molecule has 0 bridgehead atoms. The van der Waals surface area contributed by atoms with Crippen LogP contribution < -0.4 is 10.1 Å². The van der Waals surface area contributed by atoms with Crippen LogP contribution in [-0.2, 0) is 6.54 Å². The third kappa shape index (κ3) is 5.20. The van der Waals surface area contributed by atoms with Crippen LogP contribution in [0.25, 0.3) is 0 Å². The lowest BCUT2D eigenvalue weighted by Crippen LogP contribution is -2.17. The van der Waals surface area contributed by atoms with Crippen LogP contribution in [-0.4, -0.2) is 30.1 Å². The predicted octanol–water partition coefficient (Wildman–Crippen LogP) is 2.06. The molecule has 0 saturated carbocycles. The topological polar surface area (TPSA) is 64.4 Å². The summed E-state index contributed by atoms with van der Waals surface area (Å²) < 4.78 is 5.18. The third-order valence-electron chi connectivity index (χ3n) is 2.40. The maximum atomic E-state index is 10.7. The smallest absolute Gasteiger partial charge is 0.270 e. The molecule has 0 aromatic heterocycles. The van der Waals surface area contributed by atoms with E-state index < -0.39 is 4.92 Å². The van der Waals surface area contributed by atoms with Crippen molar-refractivity contribution in [1.82, 2.24) is 5.32 Å². The molecule has 1 aromatic rings. The van der Waals surface area contributed by atoms with E-state index in [1.165, 1.54) is 12.1 Å². The van der Waals surface area contributed by atoms with Gasteiger partial charge in [0, 0.05) is 36.5 Å². The van der Waals surface area contributed by atoms with Gasteiger partial charge in [0.05, 0.1) is 17.8 Å². The number of nitro groups is 1. The molecule has 0 aliphatic rings. The van der Waals surface area contributed by atoms with Crippen molar-refractivity contribution < 1.29 is 9.66 Å². The van der Waals surface area contributed by atoms with E-state index in [0.717, 1.165) is 17.9 Å². The number of methoxy groups -OCH3 is 1. The van der Waals surface area contributed by atoms with Gasteiger partial charge in [0.25, 0.3) is 5.69 Å². The molecule has 0 unspecified atom stereocenters. The Balaban J connectivity index is 2.53. The summed E-state index contributed by atoms with van der Waals surface area (Å²) in [6.45, 7) is 1.32. The van der Waals surface area contributed by atoms with Crippen molar-refractivity contribution in [3.8, 4) is 18.1 Å². The number of non-ortho nitro benzene ring substituents is 1. The van der Waals surface area contributed by atoms with Gasteiger partial charge in [0.15, 0.2) is 0 Å². The predicted molar refractivity (Wildman–Crippen MR) is 77.5 cm³/mol. The first kappa shape index (κ1) is 15.3. The van der Waals surface area contributed by atoms with Gasteiger partial charge >= 0.3 is 0 Å². The Hall–Kier alpha value is -1.71. The fraction of sp³-hybridized carbons (Fsp3) is 0.385. The van der Waals surface area contributed by atoms with Gasteiger partial charge < -0.3 is 10.1 Å². The molecule has 0 amide bonds. The second-order valence-corrected chi connectivity index (χ2v) is 4.79. The lowest BCUT2D eigenvalue weighted by Gasteiger charge is -2.09. The van der Waals surface area contributed by atoms with E-state index >= 15 is 0 Å². The summed E-state index contributed by atoms with van der Waals surface area (Å²) in [5.74, 6) is 4.80. The van der Waals surface area contributed by atoms with Crippen LogP contribution in [0.4, 0.5) is 5.69 Å². The molecule has 0 saturated heterocycles. The molecule has 1 aromatic carbocycles. The Bertz CT molecular complexity index is 471. The lowest BCUT2D eigenvalue weighted by molar-refractivity contribution is -0.384. The van der Waals surface area contributed by atoms with Crippen molar-refractivity contribution >= 4 is 17.4 Å². The molecule has 0 spiro atoms. The maximum Gasteiger partial charge on any atom is 0.270 e. The molecule has 1 N–H and O–H groups in total. The second-order valence-electron chi connectivity index (χ2n) is 3.69. The number of terminal acetylenes is 1. The van der Waals surface area contributed by atoms with Crippen LogP contribution in [0, 0.1) is 22.5 Å². The zero-order chi connectivity index (χ0) is 14.1. The lowest BCUT2D eigenvalue weighted by atomic mass is 10.1. The largest absolute Gasteiger partial charge is 0.496 e. The number of benzene rings is 1. The number of ether oxygens (including phenoxy) is 1. The summed E-state index contributed by atoms with van der Waals surface area (Å²) >= 11 is 1.67. The van der Waals surface area contributed by atoms with E-state index in [-0.39, 0.29) is 5.69 Å². The van der Waals surface area contributed by atoms with E-state index in [2.05, 4.69) is 11.2 Å². The van der Waals surface area contributed by atoms with Crippen LogP contribution in [0.5, 0.6) is 5.75 Å². The molecular formula is C13H16N2O3S. The summed E-state index contributed by atoms with van der Waals surface area (Å²) in [6.07, 6.45) is 5.15. The quantitative estimate of drug-likeness (QED) is 0.342. The van der Waals surface area contributed by atoms with E-state index in [1.807, 2.05) is 0 Å². The Kier molecular flexibility index (Phi) is 6.79. The minimum atomic E-state index is -0.411. The second kappa shape index (κ2) is 8.40. The normalized spacial score (nSPS) is 9.89. The first-order valence-corrected chi connectivity index (χ1v) is 6.87. The standard InChI is InChI=1S/C13H16N2O3S/c1-3-7-19-8-6-14-10-11-9-12(15(16)17)4-5-13(11)18-2/h1,4-5,9,14H,6-8,10H2,2H3. The molecule has 6 heteroatoms.